The monoisotopic (exact) mass is 240 g/mol. The smallest absolute Gasteiger partial charge is 0.159 e. The molecule has 1 aliphatic heterocycles. The van der Waals surface area contributed by atoms with Crippen LogP contribution in [0, 0.1) is 17.6 Å². The molecule has 1 aromatic rings. The van der Waals surface area contributed by atoms with Crippen molar-refractivity contribution in [3.05, 3.63) is 35.4 Å². The normalized spacial score (nSPS) is 21.0. The van der Waals surface area contributed by atoms with Crippen LogP contribution in [0.1, 0.15) is 12.0 Å². The molecule has 1 N–H and O–H groups in total. The molecule has 1 unspecified atom stereocenters. The Morgan fingerprint density at radius 2 is 2.18 bits per heavy atom. The Labute approximate surface area is 101 Å². The van der Waals surface area contributed by atoms with Gasteiger partial charge in [0.1, 0.15) is 0 Å². The Morgan fingerprint density at radius 3 is 2.82 bits per heavy atom. The molecule has 17 heavy (non-hydrogen) atoms. The summed E-state index contributed by atoms with van der Waals surface area (Å²) in [5, 5.41) is 3.30. The van der Waals surface area contributed by atoms with Crippen LogP contribution in [-0.2, 0) is 6.54 Å². The molecule has 0 amide bonds. The summed E-state index contributed by atoms with van der Waals surface area (Å²) in [6, 6.07) is 4.05. The van der Waals surface area contributed by atoms with Gasteiger partial charge in [-0.1, -0.05) is 6.07 Å². The van der Waals surface area contributed by atoms with Crippen molar-refractivity contribution in [2.45, 2.75) is 13.0 Å². The van der Waals surface area contributed by atoms with Gasteiger partial charge in [0.2, 0.25) is 0 Å². The van der Waals surface area contributed by atoms with Gasteiger partial charge in [0, 0.05) is 13.1 Å². The molecule has 0 bridgehead atoms. The molecular formula is C13H18F2N2. The van der Waals surface area contributed by atoms with Crippen molar-refractivity contribution in [1.29, 1.82) is 0 Å². The zero-order valence-corrected chi connectivity index (χ0v) is 10.0. The van der Waals surface area contributed by atoms with E-state index in [2.05, 4.69) is 17.3 Å². The van der Waals surface area contributed by atoms with Gasteiger partial charge in [-0.3, -0.25) is 0 Å². The lowest BCUT2D eigenvalue weighted by molar-refractivity contribution is 0.388. The minimum atomic E-state index is -0.786. The molecule has 4 heteroatoms. The maximum atomic E-state index is 12.9. The maximum Gasteiger partial charge on any atom is 0.159 e. The van der Waals surface area contributed by atoms with Gasteiger partial charge in [-0.25, -0.2) is 8.78 Å². The molecule has 1 heterocycles. The number of hydrogen-bond acceptors (Lipinski definition) is 2. The molecule has 2 nitrogen and oxygen atoms in total. The number of hydrogen-bond donors (Lipinski definition) is 1. The fourth-order valence-electron chi connectivity index (χ4n) is 2.26. The number of rotatable bonds is 4. The van der Waals surface area contributed by atoms with Gasteiger partial charge in [-0.15, -0.1) is 0 Å². The summed E-state index contributed by atoms with van der Waals surface area (Å²) in [6.07, 6.45) is 1.21. The zero-order chi connectivity index (χ0) is 12.3. The molecule has 0 aromatic heterocycles. The Morgan fingerprint density at radius 1 is 1.35 bits per heavy atom. The molecule has 0 radical (unpaired) electrons. The van der Waals surface area contributed by atoms with E-state index in [0.717, 1.165) is 25.2 Å². The topological polar surface area (TPSA) is 15.3 Å². The first kappa shape index (κ1) is 12.5. The lowest BCUT2D eigenvalue weighted by Gasteiger charge is -2.11. The second kappa shape index (κ2) is 5.56. The van der Waals surface area contributed by atoms with E-state index in [9.17, 15) is 8.78 Å². The van der Waals surface area contributed by atoms with Crippen molar-refractivity contribution in [3.63, 3.8) is 0 Å². The summed E-state index contributed by atoms with van der Waals surface area (Å²) in [5.74, 6) is -0.888. The van der Waals surface area contributed by atoms with Crippen molar-refractivity contribution in [2.75, 3.05) is 26.7 Å². The third kappa shape index (κ3) is 3.48. The van der Waals surface area contributed by atoms with Gasteiger partial charge in [-0.05, 0) is 50.2 Å². The molecular weight excluding hydrogens is 222 g/mol. The predicted molar refractivity (Wildman–Crippen MR) is 63.7 cm³/mol. The molecule has 2 rings (SSSR count). The summed E-state index contributed by atoms with van der Waals surface area (Å²) in [4.78, 5) is 2.31. The van der Waals surface area contributed by atoms with Gasteiger partial charge in [-0.2, -0.15) is 0 Å². The first-order valence-corrected chi connectivity index (χ1v) is 5.98. The van der Waals surface area contributed by atoms with E-state index in [1.165, 1.54) is 18.6 Å². The van der Waals surface area contributed by atoms with Crippen LogP contribution in [0.3, 0.4) is 0 Å². The van der Waals surface area contributed by atoms with E-state index in [1.54, 1.807) is 6.07 Å². The number of nitrogens with zero attached hydrogens (tertiary/aromatic N) is 1. The molecule has 1 aliphatic rings. The van der Waals surface area contributed by atoms with Crippen LogP contribution < -0.4 is 5.32 Å². The van der Waals surface area contributed by atoms with Crippen LogP contribution >= 0.6 is 0 Å². The highest BCUT2D eigenvalue weighted by Crippen LogP contribution is 2.13. The SMILES string of the molecule is CN1CCC(CNCc2ccc(F)c(F)c2)C1. The lowest BCUT2D eigenvalue weighted by atomic mass is 10.1. The van der Waals surface area contributed by atoms with Crippen LogP contribution in [0.5, 0.6) is 0 Å². The Hall–Kier alpha value is -1.00. The highest BCUT2D eigenvalue weighted by molar-refractivity contribution is 5.17. The van der Waals surface area contributed by atoms with E-state index in [4.69, 9.17) is 0 Å². The average molecular weight is 240 g/mol. The third-order valence-electron chi connectivity index (χ3n) is 3.24. The van der Waals surface area contributed by atoms with Crippen molar-refractivity contribution < 1.29 is 8.78 Å². The van der Waals surface area contributed by atoms with Crippen LogP contribution in [0.2, 0.25) is 0 Å². The van der Waals surface area contributed by atoms with Crippen LogP contribution in [0.25, 0.3) is 0 Å². The van der Waals surface area contributed by atoms with E-state index < -0.39 is 11.6 Å². The van der Waals surface area contributed by atoms with E-state index >= 15 is 0 Å². The maximum absolute atomic E-state index is 12.9. The van der Waals surface area contributed by atoms with Gasteiger partial charge >= 0.3 is 0 Å². The van der Waals surface area contributed by atoms with Crippen molar-refractivity contribution in [3.8, 4) is 0 Å². The predicted octanol–water partition coefficient (Wildman–Crippen LogP) is 2.01. The molecule has 1 aromatic carbocycles. The van der Waals surface area contributed by atoms with Crippen LogP contribution in [0.4, 0.5) is 8.78 Å². The summed E-state index contributed by atoms with van der Waals surface area (Å²) in [6.45, 7) is 3.79. The van der Waals surface area contributed by atoms with Gasteiger partial charge in [0.15, 0.2) is 11.6 Å². The molecule has 0 saturated carbocycles. The highest BCUT2D eigenvalue weighted by Gasteiger charge is 2.18. The Balaban J connectivity index is 1.76. The van der Waals surface area contributed by atoms with Crippen molar-refractivity contribution in [1.82, 2.24) is 10.2 Å². The number of likely N-dealkylation sites (tertiary alicyclic amines) is 1. The second-order valence-corrected chi connectivity index (χ2v) is 4.80. The van der Waals surface area contributed by atoms with E-state index in [-0.39, 0.29) is 0 Å². The number of benzene rings is 1. The van der Waals surface area contributed by atoms with Gasteiger partial charge in [0.05, 0.1) is 0 Å². The summed E-state index contributed by atoms with van der Waals surface area (Å²) in [5.41, 5.74) is 0.787. The van der Waals surface area contributed by atoms with Crippen LogP contribution in [-0.4, -0.2) is 31.6 Å². The molecule has 1 saturated heterocycles. The number of nitrogens with one attached hydrogen (secondary N) is 1. The largest absolute Gasteiger partial charge is 0.312 e. The molecule has 1 atom stereocenters. The molecule has 0 spiro atoms. The van der Waals surface area contributed by atoms with E-state index in [0.29, 0.717) is 12.5 Å². The quantitative estimate of drug-likeness (QED) is 0.866. The molecule has 0 aliphatic carbocycles. The minimum absolute atomic E-state index is 0.595. The molecule has 1 fully saturated rings. The zero-order valence-electron chi connectivity index (χ0n) is 10.0. The van der Waals surface area contributed by atoms with Crippen LogP contribution in [0.15, 0.2) is 18.2 Å². The first-order valence-electron chi connectivity index (χ1n) is 5.98. The fourth-order valence-corrected chi connectivity index (χ4v) is 2.26. The summed E-state index contributed by atoms with van der Waals surface area (Å²) >= 11 is 0. The number of halogens is 2. The highest BCUT2D eigenvalue weighted by atomic mass is 19.2. The van der Waals surface area contributed by atoms with Crippen molar-refractivity contribution in [2.24, 2.45) is 5.92 Å². The summed E-state index contributed by atoms with van der Waals surface area (Å²) in [7, 11) is 2.12. The lowest BCUT2D eigenvalue weighted by Crippen LogP contribution is -2.24. The minimum Gasteiger partial charge on any atom is -0.312 e. The van der Waals surface area contributed by atoms with Crippen molar-refractivity contribution >= 4 is 0 Å². The first-order chi connectivity index (χ1) is 8.15. The van der Waals surface area contributed by atoms with E-state index in [1.807, 2.05) is 0 Å². The van der Waals surface area contributed by atoms with Gasteiger partial charge in [0.25, 0.3) is 0 Å². The summed E-state index contributed by atoms with van der Waals surface area (Å²) < 4.78 is 25.7. The third-order valence-corrected chi connectivity index (χ3v) is 3.24. The van der Waals surface area contributed by atoms with Gasteiger partial charge < -0.3 is 10.2 Å². The Bertz CT molecular complexity index is 382. The fraction of sp³-hybridized carbons (Fsp3) is 0.538. The Kier molecular flexibility index (Phi) is 4.07. The second-order valence-electron chi connectivity index (χ2n) is 4.80. The molecule has 94 valence electrons. The average Bonchev–Trinajstić information content (AvgIpc) is 2.70. The standard InChI is InChI=1S/C13H18F2N2/c1-17-5-4-11(9-17)8-16-7-10-2-3-12(14)13(15)6-10/h2-3,6,11,16H,4-5,7-9H2,1H3.